The molecule has 1 aromatic heterocycles. The van der Waals surface area contributed by atoms with Crippen molar-refractivity contribution >= 4 is 10.9 Å². The topological polar surface area (TPSA) is 15.8 Å². The number of aromatic amines is 1. The summed E-state index contributed by atoms with van der Waals surface area (Å²) in [5, 5.41) is 1.06. The minimum atomic E-state index is -0.159. The predicted molar refractivity (Wildman–Crippen MR) is 57.1 cm³/mol. The van der Waals surface area contributed by atoms with E-state index >= 15 is 0 Å². The van der Waals surface area contributed by atoms with E-state index in [9.17, 15) is 4.39 Å². The molecule has 14 heavy (non-hydrogen) atoms. The molecule has 1 N–H and O–H groups in total. The van der Waals surface area contributed by atoms with Gasteiger partial charge in [0.05, 0.1) is 5.52 Å². The third kappa shape index (κ3) is 1.14. The maximum absolute atomic E-state index is 13.5. The molecule has 74 valence electrons. The van der Waals surface area contributed by atoms with Gasteiger partial charge in [-0.25, -0.2) is 4.39 Å². The molecule has 0 saturated carbocycles. The van der Waals surface area contributed by atoms with Gasteiger partial charge in [0.25, 0.3) is 0 Å². The Hall–Kier alpha value is -1.31. The molecular formula is C12H14FN. The Morgan fingerprint density at radius 2 is 2.00 bits per heavy atom. The van der Waals surface area contributed by atoms with Crippen molar-refractivity contribution in [2.24, 2.45) is 0 Å². The van der Waals surface area contributed by atoms with Crippen molar-refractivity contribution < 1.29 is 4.39 Å². The maximum Gasteiger partial charge on any atom is 0.147 e. The number of H-pyrrole nitrogens is 1. The van der Waals surface area contributed by atoms with Crippen LogP contribution in [0.5, 0.6) is 0 Å². The normalized spacial score (nSPS) is 11.1. The number of rotatable bonds is 1. The Morgan fingerprint density at radius 1 is 1.29 bits per heavy atom. The summed E-state index contributed by atoms with van der Waals surface area (Å²) in [4.78, 5) is 3.11. The fourth-order valence-electron chi connectivity index (χ4n) is 2.08. The molecular weight excluding hydrogens is 177 g/mol. The number of halogens is 1. The Balaban J connectivity index is 2.93. The zero-order valence-corrected chi connectivity index (χ0v) is 8.74. The van der Waals surface area contributed by atoms with Crippen LogP contribution in [-0.4, -0.2) is 4.98 Å². The summed E-state index contributed by atoms with van der Waals surface area (Å²) >= 11 is 0. The highest BCUT2D eigenvalue weighted by Crippen LogP contribution is 2.27. The predicted octanol–water partition coefficient (Wildman–Crippen LogP) is 3.49. The second kappa shape index (κ2) is 3.12. The standard InChI is InChI=1S/C12H14FN/c1-4-9-8(3)14-12-10(13)6-5-7(2)11(9)12/h5-6,14H,4H2,1-3H3. The molecule has 0 radical (unpaired) electrons. The summed E-state index contributed by atoms with van der Waals surface area (Å²) < 4.78 is 13.5. The molecule has 0 amide bonds. The van der Waals surface area contributed by atoms with E-state index in [0.717, 1.165) is 23.1 Å². The number of aryl methyl sites for hydroxylation is 3. The second-order valence-electron chi connectivity index (χ2n) is 3.70. The van der Waals surface area contributed by atoms with E-state index in [0.29, 0.717) is 5.52 Å². The molecule has 0 aliphatic carbocycles. The van der Waals surface area contributed by atoms with Gasteiger partial charge in [-0.2, -0.15) is 0 Å². The molecule has 1 nitrogen and oxygen atoms in total. The molecule has 1 heterocycles. The number of hydrogen-bond donors (Lipinski definition) is 1. The lowest BCUT2D eigenvalue weighted by Gasteiger charge is -2.00. The van der Waals surface area contributed by atoms with E-state index in [1.807, 2.05) is 19.9 Å². The Labute approximate surface area is 82.9 Å². The Bertz CT molecular complexity index is 483. The van der Waals surface area contributed by atoms with Crippen LogP contribution in [0.1, 0.15) is 23.7 Å². The number of benzene rings is 1. The van der Waals surface area contributed by atoms with Crippen molar-refractivity contribution in [1.29, 1.82) is 0 Å². The van der Waals surface area contributed by atoms with Gasteiger partial charge in [0.15, 0.2) is 0 Å². The highest BCUT2D eigenvalue weighted by atomic mass is 19.1. The van der Waals surface area contributed by atoms with Crippen LogP contribution in [0.3, 0.4) is 0 Å². The minimum Gasteiger partial charge on any atom is -0.356 e. The smallest absolute Gasteiger partial charge is 0.147 e. The summed E-state index contributed by atoms with van der Waals surface area (Å²) in [5.41, 5.74) is 4.11. The van der Waals surface area contributed by atoms with E-state index in [1.54, 1.807) is 0 Å². The van der Waals surface area contributed by atoms with Crippen LogP contribution in [0.15, 0.2) is 12.1 Å². The average molecular weight is 191 g/mol. The molecule has 0 aliphatic heterocycles. The summed E-state index contributed by atoms with van der Waals surface area (Å²) in [6.45, 7) is 6.12. The van der Waals surface area contributed by atoms with Crippen molar-refractivity contribution in [2.45, 2.75) is 27.2 Å². The van der Waals surface area contributed by atoms with Gasteiger partial charge in [0, 0.05) is 11.1 Å². The first-order valence-electron chi connectivity index (χ1n) is 4.91. The lowest BCUT2D eigenvalue weighted by atomic mass is 10.0. The van der Waals surface area contributed by atoms with E-state index < -0.39 is 0 Å². The summed E-state index contributed by atoms with van der Waals surface area (Å²) in [5.74, 6) is -0.159. The summed E-state index contributed by atoms with van der Waals surface area (Å²) in [6, 6.07) is 3.36. The van der Waals surface area contributed by atoms with Crippen molar-refractivity contribution in [3.05, 3.63) is 34.8 Å². The van der Waals surface area contributed by atoms with Gasteiger partial charge in [-0.15, -0.1) is 0 Å². The summed E-state index contributed by atoms with van der Waals surface area (Å²) in [7, 11) is 0. The number of nitrogens with one attached hydrogen (secondary N) is 1. The van der Waals surface area contributed by atoms with E-state index in [-0.39, 0.29) is 5.82 Å². The van der Waals surface area contributed by atoms with Crippen LogP contribution in [0.4, 0.5) is 4.39 Å². The zero-order chi connectivity index (χ0) is 10.3. The lowest BCUT2D eigenvalue weighted by Crippen LogP contribution is -1.84. The minimum absolute atomic E-state index is 0.159. The average Bonchev–Trinajstić information content (AvgIpc) is 2.50. The third-order valence-corrected chi connectivity index (χ3v) is 2.78. The third-order valence-electron chi connectivity index (χ3n) is 2.78. The second-order valence-corrected chi connectivity index (χ2v) is 3.70. The van der Waals surface area contributed by atoms with E-state index in [4.69, 9.17) is 0 Å². The van der Waals surface area contributed by atoms with Crippen molar-refractivity contribution in [3.63, 3.8) is 0 Å². The van der Waals surface area contributed by atoms with E-state index in [2.05, 4.69) is 11.9 Å². The Kier molecular flexibility index (Phi) is 2.06. The van der Waals surface area contributed by atoms with E-state index in [1.165, 1.54) is 11.6 Å². The van der Waals surface area contributed by atoms with Gasteiger partial charge in [-0.1, -0.05) is 13.0 Å². The molecule has 2 rings (SSSR count). The highest BCUT2D eigenvalue weighted by Gasteiger charge is 2.11. The van der Waals surface area contributed by atoms with Crippen LogP contribution < -0.4 is 0 Å². The lowest BCUT2D eigenvalue weighted by molar-refractivity contribution is 0.637. The van der Waals surface area contributed by atoms with Crippen molar-refractivity contribution in [2.75, 3.05) is 0 Å². The fourth-order valence-corrected chi connectivity index (χ4v) is 2.08. The molecule has 0 spiro atoms. The number of fused-ring (bicyclic) bond motifs is 1. The van der Waals surface area contributed by atoms with Gasteiger partial charge in [-0.3, -0.25) is 0 Å². The largest absolute Gasteiger partial charge is 0.356 e. The van der Waals surface area contributed by atoms with Crippen molar-refractivity contribution in [3.8, 4) is 0 Å². The summed E-state index contributed by atoms with van der Waals surface area (Å²) in [6.07, 6.45) is 0.941. The monoisotopic (exact) mass is 191 g/mol. The molecule has 2 heteroatoms. The molecule has 0 aliphatic rings. The zero-order valence-electron chi connectivity index (χ0n) is 8.74. The molecule has 2 aromatic rings. The molecule has 0 fully saturated rings. The molecule has 1 aromatic carbocycles. The van der Waals surface area contributed by atoms with Crippen LogP contribution in [-0.2, 0) is 6.42 Å². The van der Waals surface area contributed by atoms with Crippen LogP contribution in [0.25, 0.3) is 10.9 Å². The highest BCUT2D eigenvalue weighted by molar-refractivity contribution is 5.88. The first-order chi connectivity index (χ1) is 6.65. The SMILES string of the molecule is CCc1c(C)[nH]c2c(F)ccc(C)c12. The Morgan fingerprint density at radius 3 is 2.64 bits per heavy atom. The van der Waals surface area contributed by atoms with Crippen LogP contribution in [0.2, 0.25) is 0 Å². The quantitative estimate of drug-likeness (QED) is 0.710. The van der Waals surface area contributed by atoms with Crippen LogP contribution in [0, 0.1) is 19.7 Å². The fraction of sp³-hybridized carbons (Fsp3) is 0.333. The van der Waals surface area contributed by atoms with Gasteiger partial charge in [0.1, 0.15) is 5.82 Å². The number of aromatic nitrogens is 1. The molecule has 0 unspecified atom stereocenters. The first-order valence-corrected chi connectivity index (χ1v) is 4.91. The van der Waals surface area contributed by atoms with Gasteiger partial charge in [0.2, 0.25) is 0 Å². The van der Waals surface area contributed by atoms with Gasteiger partial charge >= 0.3 is 0 Å². The van der Waals surface area contributed by atoms with Gasteiger partial charge in [-0.05, 0) is 37.5 Å². The van der Waals surface area contributed by atoms with Gasteiger partial charge < -0.3 is 4.98 Å². The molecule has 0 atom stereocenters. The molecule has 0 saturated heterocycles. The number of hydrogen-bond acceptors (Lipinski definition) is 0. The molecule has 0 bridgehead atoms. The maximum atomic E-state index is 13.5. The van der Waals surface area contributed by atoms with Crippen molar-refractivity contribution in [1.82, 2.24) is 4.98 Å². The van der Waals surface area contributed by atoms with Crippen LogP contribution >= 0.6 is 0 Å². The first kappa shape index (κ1) is 9.25.